The zero-order valence-corrected chi connectivity index (χ0v) is 14.2. The van der Waals surface area contributed by atoms with E-state index in [4.69, 9.17) is 16.3 Å². The van der Waals surface area contributed by atoms with E-state index < -0.39 is 0 Å². The first-order chi connectivity index (χ1) is 11.7. The molecule has 0 heterocycles. The van der Waals surface area contributed by atoms with Crippen molar-refractivity contribution < 1.29 is 9.13 Å². The molecular formula is C20H19ClFNO. The predicted octanol–water partition coefficient (Wildman–Crippen LogP) is 5.32. The van der Waals surface area contributed by atoms with Gasteiger partial charge in [0.1, 0.15) is 18.2 Å². The highest BCUT2D eigenvalue weighted by atomic mass is 35.5. The molecule has 24 heavy (non-hydrogen) atoms. The quantitative estimate of drug-likeness (QED) is 0.654. The molecule has 4 heteroatoms. The second-order valence-corrected chi connectivity index (χ2v) is 5.94. The van der Waals surface area contributed by atoms with Crippen molar-refractivity contribution >= 4 is 22.4 Å². The summed E-state index contributed by atoms with van der Waals surface area (Å²) in [4.78, 5) is 0. The minimum atomic E-state index is -0.350. The summed E-state index contributed by atoms with van der Waals surface area (Å²) in [7, 11) is 0. The Morgan fingerprint density at radius 3 is 2.62 bits per heavy atom. The molecule has 0 unspecified atom stereocenters. The highest BCUT2D eigenvalue weighted by Crippen LogP contribution is 2.29. The maximum atomic E-state index is 13.9. The highest BCUT2D eigenvalue weighted by molar-refractivity contribution is 6.31. The largest absolute Gasteiger partial charge is 0.488 e. The molecule has 2 nitrogen and oxygen atoms in total. The van der Waals surface area contributed by atoms with Gasteiger partial charge in [-0.1, -0.05) is 54.9 Å². The van der Waals surface area contributed by atoms with Crippen LogP contribution in [0.15, 0.2) is 54.6 Å². The van der Waals surface area contributed by atoms with Crippen molar-refractivity contribution in [2.24, 2.45) is 0 Å². The van der Waals surface area contributed by atoms with Crippen LogP contribution < -0.4 is 10.1 Å². The molecule has 3 aromatic rings. The molecule has 0 aliphatic rings. The molecule has 0 saturated heterocycles. The highest BCUT2D eigenvalue weighted by Gasteiger charge is 2.12. The Kier molecular flexibility index (Phi) is 5.34. The first kappa shape index (κ1) is 16.7. The number of hydrogen-bond donors (Lipinski definition) is 1. The van der Waals surface area contributed by atoms with Gasteiger partial charge in [-0.2, -0.15) is 0 Å². The molecule has 0 amide bonds. The van der Waals surface area contributed by atoms with Crippen LogP contribution in [0.1, 0.15) is 18.1 Å². The molecule has 0 aliphatic heterocycles. The van der Waals surface area contributed by atoms with Crippen molar-refractivity contribution in [2.45, 2.75) is 20.1 Å². The van der Waals surface area contributed by atoms with Crippen LogP contribution in [0.5, 0.6) is 5.75 Å². The van der Waals surface area contributed by atoms with Crippen LogP contribution >= 0.6 is 11.6 Å². The van der Waals surface area contributed by atoms with Crippen LogP contribution in [-0.2, 0) is 13.2 Å². The fraction of sp³-hybridized carbons (Fsp3) is 0.200. The van der Waals surface area contributed by atoms with Crippen LogP contribution in [0.2, 0.25) is 5.02 Å². The maximum absolute atomic E-state index is 13.9. The van der Waals surface area contributed by atoms with Crippen molar-refractivity contribution in [2.75, 3.05) is 6.54 Å². The number of ether oxygens (including phenoxy) is 1. The van der Waals surface area contributed by atoms with Crippen molar-refractivity contribution in [3.63, 3.8) is 0 Å². The predicted molar refractivity (Wildman–Crippen MR) is 97.1 cm³/mol. The monoisotopic (exact) mass is 343 g/mol. The van der Waals surface area contributed by atoms with Crippen molar-refractivity contribution in [3.8, 4) is 5.75 Å². The molecule has 0 radical (unpaired) electrons. The van der Waals surface area contributed by atoms with Crippen LogP contribution in [0, 0.1) is 5.82 Å². The zero-order valence-electron chi connectivity index (χ0n) is 13.5. The van der Waals surface area contributed by atoms with Crippen LogP contribution in [-0.4, -0.2) is 6.54 Å². The first-order valence-electron chi connectivity index (χ1n) is 7.97. The number of nitrogens with one attached hydrogen (secondary N) is 1. The van der Waals surface area contributed by atoms with Gasteiger partial charge in [-0.15, -0.1) is 0 Å². The third-order valence-corrected chi connectivity index (χ3v) is 4.34. The molecule has 0 aliphatic carbocycles. The third kappa shape index (κ3) is 3.53. The van der Waals surface area contributed by atoms with Gasteiger partial charge in [0.05, 0.1) is 5.02 Å². The Morgan fingerprint density at radius 2 is 1.83 bits per heavy atom. The molecule has 0 bridgehead atoms. The Balaban J connectivity index is 1.93. The van der Waals surface area contributed by atoms with Gasteiger partial charge in [0, 0.05) is 17.7 Å². The number of hydrogen-bond acceptors (Lipinski definition) is 2. The molecule has 124 valence electrons. The van der Waals surface area contributed by atoms with E-state index in [1.54, 1.807) is 12.1 Å². The summed E-state index contributed by atoms with van der Waals surface area (Å²) in [5.74, 6) is 0.394. The number of halogens is 2. The van der Waals surface area contributed by atoms with E-state index in [1.165, 1.54) is 6.07 Å². The van der Waals surface area contributed by atoms with Crippen LogP contribution in [0.25, 0.3) is 10.8 Å². The number of benzene rings is 3. The summed E-state index contributed by atoms with van der Waals surface area (Å²) in [6.07, 6.45) is 0. The van der Waals surface area contributed by atoms with Crippen molar-refractivity contribution in [1.82, 2.24) is 5.32 Å². The normalized spacial score (nSPS) is 11.0. The van der Waals surface area contributed by atoms with E-state index in [1.807, 2.05) is 24.3 Å². The summed E-state index contributed by atoms with van der Waals surface area (Å²) in [6.45, 7) is 3.72. The van der Waals surface area contributed by atoms with Crippen LogP contribution in [0.3, 0.4) is 0 Å². The molecule has 0 aromatic heterocycles. The Morgan fingerprint density at radius 1 is 1.00 bits per heavy atom. The average Bonchev–Trinajstić information content (AvgIpc) is 2.60. The summed E-state index contributed by atoms with van der Waals surface area (Å²) in [5, 5.41) is 6.01. The van der Waals surface area contributed by atoms with Gasteiger partial charge in [0.15, 0.2) is 0 Å². The van der Waals surface area contributed by atoms with Gasteiger partial charge >= 0.3 is 0 Å². The Labute approximate surface area is 146 Å². The molecule has 0 spiro atoms. The molecule has 3 aromatic carbocycles. The lowest BCUT2D eigenvalue weighted by Crippen LogP contribution is -2.13. The standard InChI is InChI=1S/C20H19ClFNO/c1-2-23-12-16-15-7-4-3-6-14(15)10-11-20(16)24-13-17-18(21)8-5-9-19(17)22/h3-11,23H,2,12-13H2,1H3. The zero-order chi connectivity index (χ0) is 16.9. The first-order valence-corrected chi connectivity index (χ1v) is 8.35. The van der Waals surface area contributed by atoms with Gasteiger partial charge in [-0.05, 0) is 35.5 Å². The summed E-state index contributed by atoms with van der Waals surface area (Å²) >= 11 is 6.08. The minimum Gasteiger partial charge on any atom is -0.488 e. The molecule has 0 atom stereocenters. The van der Waals surface area contributed by atoms with E-state index in [9.17, 15) is 4.39 Å². The number of fused-ring (bicyclic) bond motifs is 1. The third-order valence-electron chi connectivity index (χ3n) is 3.98. The van der Waals surface area contributed by atoms with Gasteiger partial charge in [0.2, 0.25) is 0 Å². The topological polar surface area (TPSA) is 21.3 Å². The second kappa shape index (κ2) is 7.65. The fourth-order valence-corrected chi connectivity index (χ4v) is 2.92. The van der Waals surface area contributed by atoms with Crippen LogP contribution in [0.4, 0.5) is 4.39 Å². The van der Waals surface area contributed by atoms with E-state index in [2.05, 4.69) is 24.4 Å². The summed E-state index contributed by atoms with van der Waals surface area (Å²) < 4.78 is 19.9. The average molecular weight is 344 g/mol. The molecule has 0 saturated carbocycles. The van der Waals surface area contributed by atoms with E-state index in [-0.39, 0.29) is 12.4 Å². The summed E-state index contributed by atoms with van der Waals surface area (Å²) in [5.41, 5.74) is 1.45. The van der Waals surface area contributed by atoms with Crippen molar-refractivity contribution in [3.05, 3.63) is 76.6 Å². The van der Waals surface area contributed by atoms with Gasteiger partial charge in [-0.25, -0.2) is 4.39 Å². The SMILES string of the molecule is CCNCc1c(OCc2c(F)cccc2Cl)ccc2ccccc12. The number of rotatable bonds is 6. The van der Waals surface area contributed by atoms with E-state index >= 15 is 0 Å². The molecule has 0 fully saturated rings. The molecular weight excluding hydrogens is 325 g/mol. The lowest BCUT2D eigenvalue weighted by Gasteiger charge is -2.15. The van der Waals surface area contributed by atoms with Crippen molar-refractivity contribution in [1.29, 1.82) is 0 Å². The second-order valence-electron chi connectivity index (χ2n) is 5.53. The lowest BCUT2D eigenvalue weighted by molar-refractivity contribution is 0.296. The Bertz CT molecular complexity index is 830. The minimum absolute atomic E-state index is 0.100. The lowest BCUT2D eigenvalue weighted by atomic mass is 10.0. The fourth-order valence-electron chi connectivity index (χ4n) is 2.70. The molecule has 1 N–H and O–H groups in total. The summed E-state index contributed by atoms with van der Waals surface area (Å²) in [6, 6.07) is 16.8. The van der Waals surface area contributed by atoms with Gasteiger partial charge < -0.3 is 10.1 Å². The van der Waals surface area contributed by atoms with E-state index in [0.717, 1.165) is 28.6 Å². The maximum Gasteiger partial charge on any atom is 0.131 e. The molecule has 3 rings (SSSR count). The smallest absolute Gasteiger partial charge is 0.131 e. The van der Waals surface area contributed by atoms with Gasteiger partial charge in [-0.3, -0.25) is 0 Å². The van der Waals surface area contributed by atoms with Gasteiger partial charge in [0.25, 0.3) is 0 Å². The van der Waals surface area contributed by atoms with E-state index in [0.29, 0.717) is 17.1 Å². The Hall–Kier alpha value is -2.10.